The van der Waals surface area contributed by atoms with Gasteiger partial charge >= 0.3 is 0 Å². The molecule has 0 aliphatic heterocycles. The first-order valence-electron chi connectivity index (χ1n) is 8.21. The Morgan fingerprint density at radius 1 is 1.10 bits per heavy atom. The molecule has 20 heavy (non-hydrogen) atoms. The van der Waals surface area contributed by atoms with Crippen molar-refractivity contribution in [2.45, 2.75) is 51.0 Å². The molecule has 4 rings (SSSR count). The van der Waals surface area contributed by atoms with Crippen molar-refractivity contribution in [1.29, 1.82) is 0 Å². The van der Waals surface area contributed by atoms with Crippen molar-refractivity contribution < 1.29 is 0 Å². The van der Waals surface area contributed by atoms with Crippen LogP contribution in [-0.2, 0) is 6.42 Å². The van der Waals surface area contributed by atoms with Crippen LogP contribution in [0.4, 0.5) is 0 Å². The number of fused-ring (bicyclic) bond motifs is 2. The molecule has 0 heterocycles. The normalized spacial score (nSPS) is 35.6. The zero-order chi connectivity index (χ0) is 13.6. The maximum atomic E-state index is 3.85. The van der Waals surface area contributed by atoms with Crippen LogP contribution >= 0.6 is 15.9 Å². The van der Waals surface area contributed by atoms with Crippen molar-refractivity contribution in [1.82, 2.24) is 5.32 Å². The Hall–Kier alpha value is -0.340. The molecule has 0 aromatic heterocycles. The monoisotopic (exact) mass is 333 g/mol. The quantitative estimate of drug-likeness (QED) is 0.833. The molecule has 3 saturated carbocycles. The standard InChI is InChI=1S/C18H24BrN/c19-16-5-2-13(3-6-16)10-18(12-20-17-7-8-17)11-14-1-4-15(18)9-14/h2-3,5-6,14-15,17,20H,1,4,7-12H2. The Kier molecular flexibility index (Phi) is 3.42. The van der Waals surface area contributed by atoms with Gasteiger partial charge in [0, 0.05) is 17.1 Å². The van der Waals surface area contributed by atoms with E-state index < -0.39 is 0 Å². The van der Waals surface area contributed by atoms with Crippen LogP contribution in [-0.4, -0.2) is 12.6 Å². The molecule has 1 aromatic carbocycles. The Balaban J connectivity index is 1.53. The second-order valence-corrected chi connectivity index (χ2v) is 8.32. The van der Waals surface area contributed by atoms with E-state index in [1.807, 2.05) is 0 Å². The van der Waals surface area contributed by atoms with Crippen molar-refractivity contribution in [2.75, 3.05) is 6.54 Å². The third-order valence-corrected chi connectivity index (χ3v) is 6.42. The van der Waals surface area contributed by atoms with Gasteiger partial charge in [0.1, 0.15) is 0 Å². The van der Waals surface area contributed by atoms with Crippen LogP contribution in [0.3, 0.4) is 0 Å². The number of rotatable bonds is 5. The van der Waals surface area contributed by atoms with E-state index in [2.05, 4.69) is 45.5 Å². The van der Waals surface area contributed by atoms with Gasteiger partial charge in [0.15, 0.2) is 0 Å². The van der Waals surface area contributed by atoms with Gasteiger partial charge < -0.3 is 5.32 Å². The first-order chi connectivity index (χ1) is 9.73. The average molecular weight is 334 g/mol. The van der Waals surface area contributed by atoms with Crippen molar-refractivity contribution >= 4 is 15.9 Å². The topological polar surface area (TPSA) is 12.0 Å². The van der Waals surface area contributed by atoms with Gasteiger partial charge in [-0.05, 0) is 73.5 Å². The maximum absolute atomic E-state index is 3.85. The Bertz CT molecular complexity index is 479. The first kappa shape index (κ1) is 13.3. The SMILES string of the molecule is Brc1ccc(CC2(CNC3CC3)CC3CCC2C3)cc1. The van der Waals surface area contributed by atoms with E-state index in [-0.39, 0.29) is 0 Å². The van der Waals surface area contributed by atoms with Crippen molar-refractivity contribution in [2.24, 2.45) is 17.3 Å². The van der Waals surface area contributed by atoms with Gasteiger partial charge in [-0.15, -0.1) is 0 Å². The average Bonchev–Trinajstić information content (AvgIpc) is 3.08. The van der Waals surface area contributed by atoms with Gasteiger partial charge in [0.25, 0.3) is 0 Å². The number of hydrogen-bond acceptors (Lipinski definition) is 1. The van der Waals surface area contributed by atoms with Crippen LogP contribution < -0.4 is 5.32 Å². The van der Waals surface area contributed by atoms with Gasteiger partial charge in [-0.2, -0.15) is 0 Å². The predicted octanol–water partition coefficient (Wildman–Crippen LogP) is 4.55. The summed E-state index contributed by atoms with van der Waals surface area (Å²) < 4.78 is 1.19. The second-order valence-electron chi connectivity index (χ2n) is 7.40. The molecule has 1 N–H and O–H groups in total. The minimum absolute atomic E-state index is 0.555. The zero-order valence-electron chi connectivity index (χ0n) is 12.1. The summed E-state index contributed by atoms with van der Waals surface area (Å²) in [6, 6.07) is 9.87. The largest absolute Gasteiger partial charge is 0.313 e. The fraction of sp³-hybridized carbons (Fsp3) is 0.667. The highest BCUT2D eigenvalue weighted by Gasteiger charge is 2.50. The third-order valence-electron chi connectivity index (χ3n) is 5.89. The van der Waals surface area contributed by atoms with Crippen molar-refractivity contribution in [3.05, 3.63) is 34.3 Å². The first-order valence-corrected chi connectivity index (χ1v) is 9.01. The molecule has 3 unspecified atom stereocenters. The lowest BCUT2D eigenvalue weighted by molar-refractivity contribution is 0.155. The van der Waals surface area contributed by atoms with Crippen molar-refractivity contribution in [3.63, 3.8) is 0 Å². The summed E-state index contributed by atoms with van der Waals surface area (Å²) in [7, 11) is 0. The lowest BCUT2D eigenvalue weighted by Gasteiger charge is -2.38. The minimum atomic E-state index is 0.555. The molecule has 0 spiro atoms. The van der Waals surface area contributed by atoms with Crippen LogP contribution in [0.25, 0.3) is 0 Å². The fourth-order valence-electron chi connectivity index (χ4n) is 4.70. The lowest BCUT2D eigenvalue weighted by Crippen LogP contribution is -2.41. The molecule has 2 heteroatoms. The Labute approximate surface area is 130 Å². The molecule has 0 radical (unpaired) electrons. The molecular formula is C18H24BrN. The smallest absolute Gasteiger partial charge is 0.0175 e. The van der Waals surface area contributed by atoms with Crippen LogP contribution in [0.5, 0.6) is 0 Å². The van der Waals surface area contributed by atoms with Crippen LogP contribution in [0.2, 0.25) is 0 Å². The minimum Gasteiger partial charge on any atom is -0.313 e. The third kappa shape index (κ3) is 2.57. The Morgan fingerprint density at radius 2 is 1.90 bits per heavy atom. The van der Waals surface area contributed by atoms with E-state index in [1.54, 1.807) is 0 Å². The lowest BCUT2D eigenvalue weighted by atomic mass is 9.69. The zero-order valence-corrected chi connectivity index (χ0v) is 13.7. The molecule has 108 valence electrons. The molecule has 3 aliphatic rings. The highest BCUT2D eigenvalue weighted by Crippen LogP contribution is 2.57. The molecule has 3 fully saturated rings. The van der Waals surface area contributed by atoms with Gasteiger partial charge in [-0.25, -0.2) is 0 Å². The summed E-state index contributed by atoms with van der Waals surface area (Å²) in [6.45, 7) is 1.26. The molecule has 1 aromatic rings. The van der Waals surface area contributed by atoms with Crippen LogP contribution in [0.15, 0.2) is 28.7 Å². The summed E-state index contributed by atoms with van der Waals surface area (Å²) in [4.78, 5) is 0. The van der Waals surface area contributed by atoms with E-state index >= 15 is 0 Å². The maximum Gasteiger partial charge on any atom is 0.0175 e. The number of benzene rings is 1. The highest BCUT2D eigenvalue weighted by atomic mass is 79.9. The highest BCUT2D eigenvalue weighted by molar-refractivity contribution is 9.10. The van der Waals surface area contributed by atoms with Crippen LogP contribution in [0.1, 0.15) is 44.1 Å². The number of halogens is 1. The predicted molar refractivity (Wildman–Crippen MR) is 86.8 cm³/mol. The summed E-state index contributed by atoms with van der Waals surface area (Å²) >= 11 is 3.55. The van der Waals surface area contributed by atoms with Crippen LogP contribution in [0, 0.1) is 17.3 Å². The molecule has 2 bridgehead atoms. The second kappa shape index (κ2) is 5.14. The molecule has 0 amide bonds. The number of hydrogen-bond donors (Lipinski definition) is 1. The molecule has 0 saturated heterocycles. The molecule has 1 nitrogen and oxygen atoms in total. The molecule has 3 atom stereocenters. The van der Waals surface area contributed by atoms with Gasteiger partial charge in [0.2, 0.25) is 0 Å². The van der Waals surface area contributed by atoms with E-state index in [9.17, 15) is 0 Å². The van der Waals surface area contributed by atoms with E-state index in [1.165, 1.54) is 61.5 Å². The summed E-state index contributed by atoms with van der Waals surface area (Å²) in [5, 5.41) is 3.85. The summed E-state index contributed by atoms with van der Waals surface area (Å²) in [5.74, 6) is 2.00. The van der Waals surface area contributed by atoms with E-state index in [0.29, 0.717) is 5.41 Å². The summed E-state index contributed by atoms with van der Waals surface area (Å²) in [5.41, 5.74) is 2.08. The van der Waals surface area contributed by atoms with Crippen molar-refractivity contribution in [3.8, 4) is 0 Å². The van der Waals surface area contributed by atoms with E-state index in [0.717, 1.165) is 17.9 Å². The van der Waals surface area contributed by atoms with E-state index in [4.69, 9.17) is 0 Å². The van der Waals surface area contributed by atoms with Gasteiger partial charge in [-0.1, -0.05) is 34.5 Å². The fourth-order valence-corrected chi connectivity index (χ4v) is 4.96. The van der Waals surface area contributed by atoms with Gasteiger partial charge in [-0.3, -0.25) is 0 Å². The summed E-state index contributed by atoms with van der Waals surface area (Å²) in [6.07, 6.45) is 10.0. The Morgan fingerprint density at radius 3 is 2.50 bits per heavy atom. The molecule has 3 aliphatic carbocycles. The van der Waals surface area contributed by atoms with Gasteiger partial charge in [0.05, 0.1) is 0 Å². The number of nitrogens with one attached hydrogen (secondary N) is 1. The molecular weight excluding hydrogens is 310 g/mol.